The third kappa shape index (κ3) is 13.8. The lowest BCUT2D eigenvalue weighted by molar-refractivity contribution is -0.902. The Morgan fingerprint density at radius 2 is 1.36 bits per heavy atom. The van der Waals surface area contributed by atoms with Crippen LogP contribution in [0.25, 0.3) is 0 Å². The molecule has 0 saturated carbocycles. The summed E-state index contributed by atoms with van der Waals surface area (Å²) < 4.78 is 0.892. The van der Waals surface area contributed by atoms with E-state index >= 15 is 0 Å². The molecule has 3 heteroatoms. The number of benzene rings is 1. The number of hydrogen-bond donors (Lipinski definition) is 1. The molecule has 0 atom stereocenters. The zero-order valence-electron chi connectivity index (χ0n) is 18.8. The van der Waals surface area contributed by atoms with Crippen LogP contribution in [0.15, 0.2) is 30.3 Å². The molecule has 0 saturated heterocycles. The monoisotopic (exact) mass is 389 g/mol. The van der Waals surface area contributed by atoms with Crippen LogP contribution >= 0.6 is 0 Å². The van der Waals surface area contributed by atoms with Gasteiger partial charge in [-0.25, -0.2) is 0 Å². The van der Waals surface area contributed by atoms with Crippen molar-refractivity contribution in [1.82, 2.24) is 5.32 Å². The molecule has 0 aliphatic heterocycles. The third-order valence-corrected chi connectivity index (χ3v) is 5.50. The first-order valence-corrected chi connectivity index (χ1v) is 11.7. The number of rotatable bonds is 17. The zero-order valence-corrected chi connectivity index (χ0v) is 18.8. The summed E-state index contributed by atoms with van der Waals surface area (Å²) in [6, 6.07) is 10.6. The largest absolute Gasteiger partial charge is 0.350 e. The Morgan fingerprint density at radius 3 is 1.93 bits per heavy atom. The van der Waals surface area contributed by atoms with Crippen LogP contribution < -0.4 is 5.32 Å². The molecule has 1 rings (SSSR count). The highest BCUT2D eigenvalue weighted by Crippen LogP contribution is 2.12. The van der Waals surface area contributed by atoms with E-state index in [4.69, 9.17) is 0 Å². The number of likely N-dealkylation sites (N-methyl/N-ethyl adjacent to an activating group) is 1. The number of quaternary nitrogens is 1. The molecule has 0 unspecified atom stereocenters. The van der Waals surface area contributed by atoms with E-state index in [0.29, 0.717) is 6.42 Å². The molecule has 1 aromatic rings. The molecule has 0 fully saturated rings. The van der Waals surface area contributed by atoms with Gasteiger partial charge in [-0.05, 0) is 6.42 Å². The molecular weight excluding hydrogens is 344 g/mol. The van der Waals surface area contributed by atoms with Gasteiger partial charge in [0.25, 0.3) is 0 Å². The second kappa shape index (κ2) is 15.6. The van der Waals surface area contributed by atoms with Crippen molar-refractivity contribution in [2.75, 3.05) is 27.2 Å². The van der Waals surface area contributed by atoms with E-state index in [1.807, 2.05) is 0 Å². The van der Waals surface area contributed by atoms with Crippen molar-refractivity contribution in [3.63, 3.8) is 0 Å². The van der Waals surface area contributed by atoms with Crippen LogP contribution in [0.5, 0.6) is 0 Å². The summed E-state index contributed by atoms with van der Waals surface area (Å²) in [5.74, 6) is 0.218. The summed E-state index contributed by atoms with van der Waals surface area (Å²) in [6.45, 7) is 4.98. The average Bonchev–Trinajstić information content (AvgIpc) is 2.66. The smallest absolute Gasteiger partial charge is 0.220 e. The molecule has 0 aromatic heterocycles. The summed E-state index contributed by atoms with van der Waals surface area (Å²) in [7, 11) is 4.45. The minimum atomic E-state index is 0.218. The lowest BCUT2D eigenvalue weighted by Gasteiger charge is -2.30. The molecule has 1 N–H and O–H groups in total. The quantitative estimate of drug-likeness (QED) is 0.254. The van der Waals surface area contributed by atoms with Crippen molar-refractivity contribution >= 4 is 5.91 Å². The lowest BCUT2D eigenvalue weighted by Crippen LogP contribution is -2.44. The number of nitrogens with one attached hydrogen (secondary N) is 1. The Bertz CT molecular complexity index is 499. The number of nitrogens with zero attached hydrogens (tertiary/aromatic N) is 1. The predicted molar refractivity (Wildman–Crippen MR) is 121 cm³/mol. The fourth-order valence-corrected chi connectivity index (χ4v) is 3.69. The van der Waals surface area contributed by atoms with Gasteiger partial charge in [-0.3, -0.25) is 4.79 Å². The molecule has 0 radical (unpaired) electrons. The van der Waals surface area contributed by atoms with E-state index in [1.165, 1.54) is 69.8 Å². The summed E-state index contributed by atoms with van der Waals surface area (Å²) in [5.41, 5.74) is 1.35. The molecule has 1 amide bonds. The van der Waals surface area contributed by atoms with E-state index in [0.717, 1.165) is 30.5 Å². The molecule has 0 aliphatic rings. The topological polar surface area (TPSA) is 29.1 Å². The van der Waals surface area contributed by atoms with Gasteiger partial charge in [0.05, 0.1) is 27.2 Å². The Hall–Kier alpha value is -1.35. The molecule has 0 spiro atoms. The van der Waals surface area contributed by atoms with Crippen LogP contribution in [0.1, 0.15) is 89.5 Å². The maximum atomic E-state index is 12.0. The molecule has 0 heterocycles. The van der Waals surface area contributed by atoms with E-state index in [1.54, 1.807) is 0 Å². The predicted octanol–water partition coefficient (Wildman–Crippen LogP) is 6.08. The lowest BCUT2D eigenvalue weighted by atomic mass is 10.1. The Labute approximate surface area is 174 Å². The van der Waals surface area contributed by atoms with Gasteiger partial charge in [0.2, 0.25) is 5.91 Å². The maximum absolute atomic E-state index is 12.0. The fraction of sp³-hybridized carbons (Fsp3) is 0.720. The van der Waals surface area contributed by atoms with Crippen molar-refractivity contribution in [2.24, 2.45) is 0 Å². The van der Waals surface area contributed by atoms with Crippen molar-refractivity contribution in [2.45, 2.75) is 90.5 Å². The number of carbonyl (C=O) groups excluding carboxylic acids is 1. The highest BCUT2D eigenvalue weighted by atomic mass is 16.1. The minimum absolute atomic E-state index is 0.218. The van der Waals surface area contributed by atoms with E-state index < -0.39 is 0 Å². The van der Waals surface area contributed by atoms with Crippen LogP contribution in [-0.4, -0.2) is 37.6 Å². The summed E-state index contributed by atoms with van der Waals surface area (Å²) in [4.78, 5) is 12.0. The summed E-state index contributed by atoms with van der Waals surface area (Å²) in [6.07, 6.45) is 15.2. The van der Waals surface area contributed by atoms with Crippen LogP contribution in [0, 0.1) is 0 Å². The Kier molecular flexibility index (Phi) is 13.7. The Morgan fingerprint density at radius 1 is 0.821 bits per heavy atom. The van der Waals surface area contributed by atoms with Crippen molar-refractivity contribution < 1.29 is 9.28 Å². The number of hydrogen-bond acceptors (Lipinski definition) is 1. The van der Waals surface area contributed by atoms with Gasteiger partial charge in [-0.15, -0.1) is 0 Å². The van der Waals surface area contributed by atoms with Gasteiger partial charge < -0.3 is 9.80 Å². The van der Waals surface area contributed by atoms with Crippen molar-refractivity contribution in [3.05, 3.63) is 35.9 Å². The van der Waals surface area contributed by atoms with E-state index in [9.17, 15) is 4.79 Å². The van der Waals surface area contributed by atoms with Gasteiger partial charge in [-0.2, -0.15) is 0 Å². The van der Waals surface area contributed by atoms with Gasteiger partial charge in [-0.1, -0.05) is 101 Å². The van der Waals surface area contributed by atoms with Crippen LogP contribution in [-0.2, 0) is 11.3 Å². The van der Waals surface area contributed by atoms with E-state index in [2.05, 4.69) is 56.7 Å². The highest BCUT2D eigenvalue weighted by Gasteiger charge is 2.15. The first-order chi connectivity index (χ1) is 13.5. The number of unbranched alkanes of at least 4 members (excludes halogenated alkanes) is 10. The van der Waals surface area contributed by atoms with E-state index in [-0.39, 0.29) is 5.91 Å². The minimum Gasteiger partial charge on any atom is -0.350 e. The Balaban J connectivity index is 1.95. The third-order valence-electron chi connectivity index (χ3n) is 5.50. The molecule has 1 aromatic carbocycles. The normalized spacial score (nSPS) is 11.5. The summed E-state index contributed by atoms with van der Waals surface area (Å²) in [5, 5.41) is 3.11. The van der Waals surface area contributed by atoms with Gasteiger partial charge >= 0.3 is 0 Å². The standard InChI is InChI=1S/C25H44N2O/c1-4-5-6-7-8-9-10-11-12-13-17-20-25(28)26-21-22-27(2,3)23-24-18-15-14-16-19-24/h14-16,18-19H,4-13,17,20-23H2,1-3H3/p+1. The maximum Gasteiger partial charge on any atom is 0.220 e. The first-order valence-electron chi connectivity index (χ1n) is 11.7. The summed E-state index contributed by atoms with van der Waals surface area (Å²) >= 11 is 0. The number of carbonyl (C=O) groups is 1. The number of amides is 1. The van der Waals surface area contributed by atoms with Crippen molar-refractivity contribution in [3.8, 4) is 0 Å². The van der Waals surface area contributed by atoms with Crippen molar-refractivity contribution in [1.29, 1.82) is 0 Å². The van der Waals surface area contributed by atoms with Crippen LogP contribution in [0.2, 0.25) is 0 Å². The molecule has 3 nitrogen and oxygen atoms in total. The zero-order chi connectivity index (χ0) is 20.5. The molecule has 0 aliphatic carbocycles. The van der Waals surface area contributed by atoms with Gasteiger partial charge in [0.1, 0.15) is 6.54 Å². The molecule has 0 bridgehead atoms. The second-order valence-corrected chi connectivity index (χ2v) is 8.94. The fourth-order valence-electron chi connectivity index (χ4n) is 3.69. The average molecular weight is 390 g/mol. The van der Waals surface area contributed by atoms with Gasteiger partial charge in [0.15, 0.2) is 0 Å². The molecular formula is C25H45N2O+. The first kappa shape index (κ1) is 24.7. The molecule has 28 heavy (non-hydrogen) atoms. The second-order valence-electron chi connectivity index (χ2n) is 8.94. The van der Waals surface area contributed by atoms with Gasteiger partial charge in [0, 0.05) is 12.0 Å². The SMILES string of the molecule is CCCCCCCCCCCCCC(=O)NCC[N+](C)(C)Cc1ccccc1. The van der Waals surface area contributed by atoms with Crippen LogP contribution in [0.4, 0.5) is 0 Å². The highest BCUT2D eigenvalue weighted by molar-refractivity contribution is 5.75. The molecule has 160 valence electrons. The van der Waals surface area contributed by atoms with Crippen LogP contribution in [0.3, 0.4) is 0 Å².